The van der Waals surface area contributed by atoms with Crippen LogP contribution in [0.2, 0.25) is 10.0 Å². The van der Waals surface area contributed by atoms with Crippen LogP contribution in [0, 0.1) is 11.7 Å². The van der Waals surface area contributed by atoms with E-state index < -0.39 is 0 Å². The van der Waals surface area contributed by atoms with Crippen LogP contribution in [0.25, 0.3) is 0 Å². The third-order valence-corrected chi connectivity index (χ3v) is 7.37. The van der Waals surface area contributed by atoms with Crippen molar-refractivity contribution in [1.29, 1.82) is 0 Å². The van der Waals surface area contributed by atoms with Crippen LogP contribution in [-0.4, -0.2) is 53.8 Å². The van der Waals surface area contributed by atoms with Crippen LogP contribution >= 0.6 is 23.2 Å². The summed E-state index contributed by atoms with van der Waals surface area (Å²) < 4.78 is 13.5. The van der Waals surface area contributed by atoms with Crippen LogP contribution < -0.4 is 5.32 Å². The van der Waals surface area contributed by atoms with E-state index in [1.807, 2.05) is 0 Å². The summed E-state index contributed by atoms with van der Waals surface area (Å²) in [5.41, 5.74) is 1.25. The molecule has 2 fully saturated rings. The van der Waals surface area contributed by atoms with Crippen LogP contribution in [0.4, 0.5) is 4.39 Å². The molecule has 2 aromatic rings. The van der Waals surface area contributed by atoms with Gasteiger partial charge in [0.25, 0.3) is 5.91 Å². The smallest absolute Gasteiger partial charge is 0.253 e. The van der Waals surface area contributed by atoms with Gasteiger partial charge >= 0.3 is 0 Å². The molecule has 2 aliphatic rings. The first kappa shape index (κ1) is 24.0. The predicted molar refractivity (Wildman–Crippen MR) is 128 cm³/mol. The normalized spacial score (nSPS) is 18.3. The molecule has 0 unspecified atom stereocenters. The van der Waals surface area contributed by atoms with E-state index in [-0.39, 0.29) is 23.7 Å². The highest BCUT2D eigenvalue weighted by Crippen LogP contribution is 2.31. The fourth-order valence-corrected chi connectivity index (χ4v) is 5.20. The van der Waals surface area contributed by atoms with E-state index in [0.717, 1.165) is 31.2 Å². The lowest BCUT2D eigenvalue weighted by atomic mass is 9.94. The molecule has 1 heterocycles. The Hall–Kier alpha value is -2.15. The number of benzene rings is 2. The van der Waals surface area contributed by atoms with Gasteiger partial charge in [-0.25, -0.2) is 4.39 Å². The quantitative estimate of drug-likeness (QED) is 0.633. The van der Waals surface area contributed by atoms with Crippen molar-refractivity contribution in [2.75, 3.05) is 26.2 Å². The number of nitrogens with zero attached hydrogens (tertiary/aromatic N) is 2. The van der Waals surface area contributed by atoms with Crippen LogP contribution in [0.1, 0.15) is 41.6 Å². The van der Waals surface area contributed by atoms with Gasteiger partial charge in [0.1, 0.15) is 5.82 Å². The molecule has 2 aromatic carbocycles. The van der Waals surface area contributed by atoms with Crippen LogP contribution in [0.3, 0.4) is 0 Å². The summed E-state index contributed by atoms with van der Waals surface area (Å²) in [5.74, 6) is -0.108. The first-order valence-corrected chi connectivity index (χ1v) is 12.2. The lowest BCUT2D eigenvalue weighted by Gasteiger charge is -2.40. The van der Waals surface area contributed by atoms with Gasteiger partial charge in [0.15, 0.2) is 0 Å². The Balaban J connectivity index is 1.39. The maximum atomic E-state index is 13.5. The number of carbonyl (C=O) groups excluding carboxylic acids is 2. The Morgan fingerprint density at radius 2 is 1.73 bits per heavy atom. The maximum Gasteiger partial charge on any atom is 0.253 e. The number of nitrogens with one attached hydrogen (secondary N) is 1. The minimum atomic E-state index is -0.308. The Morgan fingerprint density at radius 1 is 1.00 bits per heavy atom. The minimum absolute atomic E-state index is 0.0181. The first-order chi connectivity index (χ1) is 15.9. The van der Waals surface area contributed by atoms with E-state index in [0.29, 0.717) is 54.3 Å². The molecule has 8 heteroatoms. The summed E-state index contributed by atoms with van der Waals surface area (Å²) in [5, 5.41) is 3.79. The van der Waals surface area contributed by atoms with Gasteiger partial charge in [-0.3, -0.25) is 14.5 Å². The largest absolute Gasteiger partial charge is 0.351 e. The summed E-state index contributed by atoms with van der Waals surface area (Å²) >= 11 is 12.0. The standard InChI is InChI=1S/C25H28Cl2FN3O2/c26-21-9-8-19(15-22(21)27)25(33)31-12-10-30(11-13-31)23(18-5-1-2-6-18)24(32)29-16-17-4-3-7-20(28)14-17/h3-4,7-9,14-15,18,23H,1-2,5-6,10-13,16H2,(H,29,32)/t23-/m1/s1. The second kappa shape index (κ2) is 10.9. The van der Waals surface area contributed by atoms with Gasteiger partial charge in [0, 0.05) is 38.3 Å². The molecule has 1 saturated heterocycles. The van der Waals surface area contributed by atoms with Crippen molar-refractivity contribution in [1.82, 2.24) is 15.1 Å². The molecule has 4 rings (SSSR count). The highest BCUT2D eigenvalue weighted by Gasteiger charge is 2.37. The number of halogens is 3. The molecule has 5 nitrogen and oxygen atoms in total. The summed E-state index contributed by atoms with van der Waals surface area (Å²) in [4.78, 5) is 30.2. The van der Waals surface area contributed by atoms with Gasteiger partial charge in [-0.05, 0) is 54.7 Å². The molecule has 0 aromatic heterocycles. The third kappa shape index (κ3) is 5.86. The van der Waals surface area contributed by atoms with E-state index in [1.54, 1.807) is 35.2 Å². The number of rotatable bonds is 6. The van der Waals surface area contributed by atoms with E-state index in [2.05, 4.69) is 10.2 Å². The molecule has 33 heavy (non-hydrogen) atoms. The van der Waals surface area contributed by atoms with E-state index in [4.69, 9.17) is 23.2 Å². The molecule has 2 amide bonds. The Morgan fingerprint density at radius 3 is 2.39 bits per heavy atom. The van der Waals surface area contributed by atoms with Gasteiger partial charge < -0.3 is 10.2 Å². The van der Waals surface area contributed by atoms with Crippen LogP contribution in [0.5, 0.6) is 0 Å². The second-order valence-corrected chi connectivity index (χ2v) is 9.61. The number of piperazine rings is 1. The fraction of sp³-hybridized carbons (Fsp3) is 0.440. The van der Waals surface area contributed by atoms with Crippen molar-refractivity contribution < 1.29 is 14.0 Å². The van der Waals surface area contributed by atoms with Crippen LogP contribution in [-0.2, 0) is 11.3 Å². The number of hydrogen-bond donors (Lipinski definition) is 1. The topological polar surface area (TPSA) is 52.7 Å². The molecule has 1 N–H and O–H groups in total. The summed E-state index contributed by atoms with van der Waals surface area (Å²) in [6.07, 6.45) is 4.32. The van der Waals surface area contributed by atoms with Crippen molar-refractivity contribution in [3.05, 3.63) is 69.5 Å². The zero-order valence-corrected chi connectivity index (χ0v) is 19.9. The molecule has 0 spiro atoms. The molecule has 1 saturated carbocycles. The summed E-state index contributed by atoms with van der Waals surface area (Å²) in [6, 6.07) is 11.0. The first-order valence-electron chi connectivity index (χ1n) is 11.4. The number of amides is 2. The minimum Gasteiger partial charge on any atom is -0.351 e. The molecule has 1 aliphatic heterocycles. The average molecular weight is 492 g/mol. The molecule has 0 radical (unpaired) electrons. The van der Waals surface area contributed by atoms with Crippen molar-refractivity contribution in [3.8, 4) is 0 Å². The van der Waals surface area contributed by atoms with Gasteiger partial charge in [-0.15, -0.1) is 0 Å². The SMILES string of the molecule is O=C(NCc1cccc(F)c1)[C@@H](C1CCCC1)N1CCN(C(=O)c2ccc(Cl)c(Cl)c2)CC1. The second-order valence-electron chi connectivity index (χ2n) is 8.79. The van der Waals surface area contributed by atoms with Gasteiger partial charge in [0.2, 0.25) is 5.91 Å². The highest BCUT2D eigenvalue weighted by molar-refractivity contribution is 6.42. The van der Waals surface area contributed by atoms with E-state index in [9.17, 15) is 14.0 Å². The molecule has 1 aliphatic carbocycles. The van der Waals surface area contributed by atoms with Crippen LogP contribution in [0.15, 0.2) is 42.5 Å². The Bertz CT molecular complexity index is 1000. The van der Waals surface area contributed by atoms with Crippen molar-refractivity contribution in [3.63, 3.8) is 0 Å². The zero-order chi connectivity index (χ0) is 23.4. The molecular weight excluding hydrogens is 464 g/mol. The Labute approximate surface area is 203 Å². The maximum absolute atomic E-state index is 13.5. The van der Waals surface area contributed by atoms with E-state index in [1.165, 1.54) is 12.1 Å². The Kier molecular flexibility index (Phi) is 7.89. The lowest BCUT2D eigenvalue weighted by molar-refractivity contribution is -0.129. The summed E-state index contributed by atoms with van der Waals surface area (Å²) in [7, 11) is 0. The molecular formula is C25H28Cl2FN3O2. The highest BCUT2D eigenvalue weighted by atomic mass is 35.5. The fourth-order valence-electron chi connectivity index (χ4n) is 4.91. The third-order valence-electron chi connectivity index (χ3n) is 6.63. The van der Waals surface area contributed by atoms with Gasteiger partial charge in [-0.1, -0.05) is 48.2 Å². The van der Waals surface area contributed by atoms with Gasteiger partial charge in [-0.2, -0.15) is 0 Å². The lowest BCUT2D eigenvalue weighted by Crippen LogP contribution is -2.57. The van der Waals surface area contributed by atoms with Crippen molar-refractivity contribution in [2.24, 2.45) is 5.92 Å². The zero-order valence-electron chi connectivity index (χ0n) is 18.4. The average Bonchev–Trinajstić information content (AvgIpc) is 3.34. The number of carbonyl (C=O) groups is 2. The predicted octanol–water partition coefficient (Wildman–Crippen LogP) is 4.77. The molecule has 0 bridgehead atoms. The summed E-state index contributed by atoms with van der Waals surface area (Å²) in [6.45, 7) is 2.64. The van der Waals surface area contributed by atoms with Gasteiger partial charge in [0.05, 0.1) is 16.1 Å². The number of hydrogen-bond acceptors (Lipinski definition) is 3. The van der Waals surface area contributed by atoms with E-state index >= 15 is 0 Å². The van der Waals surface area contributed by atoms with Crippen molar-refractivity contribution in [2.45, 2.75) is 38.3 Å². The molecule has 176 valence electrons. The molecule has 1 atom stereocenters. The van der Waals surface area contributed by atoms with Crippen molar-refractivity contribution >= 4 is 35.0 Å². The monoisotopic (exact) mass is 491 g/mol.